The zero-order valence-corrected chi connectivity index (χ0v) is 19.3. The van der Waals surface area contributed by atoms with Crippen molar-refractivity contribution in [2.45, 2.75) is 136 Å². The van der Waals surface area contributed by atoms with E-state index in [4.69, 9.17) is 0 Å². The Balaban J connectivity index is 0. The second-order valence-electron chi connectivity index (χ2n) is 8.60. The van der Waals surface area contributed by atoms with Crippen LogP contribution in [0.2, 0.25) is 0 Å². The lowest BCUT2D eigenvalue weighted by Gasteiger charge is -2.33. The first kappa shape index (κ1) is 28.1. The van der Waals surface area contributed by atoms with Crippen LogP contribution in [0.5, 0.6) is 0 Å². The third kappa shape index (κ3) is 31.7. The van der Waals surface area contributed by atoms with Crippen LogP contribution in [-0.4, -0.2) is 25.3 Å². The Kier molecular flexibility index (Phi) is 24.8. The van der Waals surface area contributed by atoms with E-state index in [0.29, 0.717) is 0 Å². The van der Waals surface area contributed by atoms with Crippen molar-refractivity contribution in [3.05, 3.63) is 5.21 Å². The Hall–Kier alpha value is -0.0800. The number of rotatable bonds is 18. The highest BCUT2D eigenvalue weighted by molar-refractivity contribution is 4.47. The number of quaternary nitrogens is 1. The van der Waals surface area contributed by atoms with E-state index in [1.807, 2.05) is 0 Å². The van der Waals surface area contributed by atoms with Gasteiger partial charge >= 0.3 is 0 Å². The van der Waals surface area contributed by atoms with Gasteiger partial charge in [0.2, 0.25) is 0 Å². The summed E-state index contributed by atoms with van der Waals surface area (Å²) in [6.45, 7) is 7.57. The van der Waals surface area contributed by atoms with Crippen LogP contribution in [0.3, 0.4) is 0 Å². The number of hydroxylamine groups is 3. The van der Waals surface area contributed by atoms with Crippen molar-refractivity contribution in [3.8, 4) is 0 Å². The normalized spacial score (nSPS) is 11.3. The maximum Gasteiger partial charge on any atom is 0.0779 e. The van der Waals surface area contributed by atoms with E-state index in [9.17, 15) is 5.21 Å². The highest BCUT2D eigenvalue weighted by Crippen LogP contribution is 2.11. The Morgan fingerprint density at radius 1 is 0.423 bits per heavy atom. The maximum absolute atomic E-state index is 11.3. The predicted molar refractivity (Wildman–Crippen MR) is 120 cm³/mol. The molecule has 0 rings (SSSR count). The summed E-state index contributed by atoms with van der Waals surface area (Å²) in [5.41, 5.74) is 0. The number of unbranched alkanes of at least 4 members (excludes halogenated alkanes) is 16. The first-order valence-corrected chi connectivity index (χ1v) is 12.0. The fourth-order valence-electron chi connectivity index (χ4n) is 3.19. The number of hydrogen-bond donors (Lipinski definition) is 0. The fraction of sp³-hybridized carbons (Fsp3) is 1.00. The summed E-state index contributed by atoms with van der Waals surface area (Å²) in [5, 5.41) is 11.3. The molecular formula is C24H53NO. The van der Waals surface area contributed by atoms with Crippen molar-refractivity contribution in [1.29, 1.82) is 0 Å². The smallest absolute Gasteiger partial charge is 0.0779 e. The Bertz CT molecular complexity index is 227. The molecule has 0 N–H and O–H groups in total. The molecule has 0 spiro atoms. The molecule has 0 unspecified atom stereocenters. The molecule has 0 saturated carbocycles. The summed E-state index contributed by atoms with van der Waals surface area (Å²) in [5.74, 6) is 0. The molecule has 0 bridgehead atoms. The highest BCUT2D eigenvalue weighted by atomic mass is 16.5. The van der Waals surface area contributed by atoms with E-state index in [1.165, 1.54) is 109 Å². The summed E-state index contributed by atoms with van der Waals surface area (Å²) in [6.07, 6.45) is 24.8. The van der Waals surface area contributed by atoms with Gasteiger partial charge in [0, 0.05) is 0 Å². The number of nitrogens with zero attached hydrogens (tertiary/aromatic N) is 1. The van der Waals surface area contributed by atoms with Gasteiger partial charge in [0.15, 0.2) is 0 Å². The highest BCUT2D eigenvalue weighted by Gasteiger charge is 2.00. The van der Waals surface area contributed by atoms with Gasteiger partial charge < -0.3 is 9.85 Å². The van der Waals surface area contributed by atoms with Gasteiger partial charge in [-0.15, -0.1) is 0 Å². The van der Waals surface area contributed by atoms with Crippen LogP contribution in [0.1, 0.15) is 136 Å². The molecule has 0 fully saturated rings. The summed E-state index contributed by atoms with van der Waals surface area (Å²) < 4.78 is -0.128. The van der Waals surface area contributed by atoms with Gasteiger partial charge in [0.25, 0.3) is 0 Å². The molecule has 0 radical (unpaired) electrons. The first-order valence-electron chi connectivity index (χ1n) is 12.0. The zero-order valence-electron chi connectivity index (χ0n) is 19.3. The summed E-state index contributed by atoms with van der Waals surface area (Å²) in [6, 6.07) is 0. The lowest BCUT2D eigenvalue weighted by atomic mass is 10.1. The van der Waals surface area contributed by atoms with E-state index >= 15 is 0 Å². The third-order valence-electron chi connectivity index (χ3n) is 5.01. The van der Waals surface area contributed by atoms with Crippen LogP contribution in [0.4, 0.5) is 0 Å². The van der Waals surface area contributed by atoms with Crippen molar-refractivity contribution in [3.63, 3.8) is 0 Å². The summed E-state index contributed by atoms with van der Waals surface area (Å²) in [4.78, 5) is 0. The van der Waals surface area contributed by atoms with Crippen LogP contribution in [0.25, 0.3) is 0 Å². The molecular weight excluding hydrogens is 318 g/mol. The van der Waals surface area contributed by atoms with E-state index < -0.39 is 0 Å². The van der Waals surface area contributed by atoms with Gasteiger partial charge in [-0.3, -0.25) is 0 Å². The molecule has 0 atom stereocenters. The Labute approximate surface area is 167 Å². The van der Waals surface area contributed by atoms with Crippen molar-refractivity contribution in [2.75, 3.05) is 20.6 Å². The molecule has 0 saturated heterocycles. The zero-order chi connectivity index (χ0) is 19.9. The molecule has 0 aromatic carbocycles. The van der Waals surface area contributed by atoms with Gasteiger partial charge in [-0.05, 0) is 12.8 Å². The van der Waals surface area contributed by atoms with E-state index in [2.05, 4.69) is 20.8 Å². The van der Waals surface area contributed by atoms with Gasteiger partial charge in [-0.25, -0.2) is 0 Å². The standard InChI is InChI=1S/C14H31NO.C10H22/c1-4-5-6-7-8-9-10-11-12-13-14-15(2,3)16;1-3-5-7-9-10-8-6-4-2/h4-14H2,1-3H3;3-10H2,1-2H3. The van der Waals surface area contributed by atoms with Crippen LogP contribution in [0, 0.1) is 5.21 Å². The Morgan fingerprint density at radius 3 is 0.885 bits per heavy atom. The fourth-order valence-corrected chi connectivity index (χ4v) is 3.19. The van der Waals surface area contributed by atoms with Crippen molar-refractivity contribution in [2.24, 2.45) is 0 Å². The number of hydrogen-bond acceptors (Lipinski definition) is 1. The van der Waals surface area contributed by atoms with Crippen LogP contribution >= 0.6 is 0 Å². The average molecular weight is 372 g/mol. The van der Waals surface area contributed by atoms with Gasteiger partial charge in [0.05, 0.1) is 20.6 Å². The van der Waals surface area contributed by atoms with Gasteiger partial charge in [0.1, 0.15) is 0 Å². The lowest BCUT2D eigenvalue weighted by Crippen LogP contribution is -2.32. The second-order valence-corrected chi connectivity index (χ2v) is 8.60. The molecule has 0 aliphatic rings. The molecule has 160 valence electrons. The van der Waals surface area contributed by atoms with Crippen molar-refractivity contribution >= 4 is 0 Å². The molecule has 0 heterocycles. The average Bonchev–Trinajstić information content (AvgIpc) is 2.59. The molecule has 26 heavy (non-hydrogen) atoms. The Morgan fingerprint density at radius 2 is 0.654 bits per heavy atom. The molecule has 0 aliphatic heterocycles. The van der Waals surface area contributed by atoms with Gasteiger partial charge in [-0.1, -0.05) is 124 Å². The molecule has 0 aromatic rings. The quantitative estimate of drug-likeness (QED) is 0.134. The SMILES string of the molecule is CCCCCCCCCC.CCCCCCCCCCCC[N+](C)(C)[O-]. The van der Waals surface area contributed by atoms with Crippen LogP contribution in [0.15, 0.2) is 0 Å². The molecule has 2 nitrogen and oxygen atoms in total. The predicted octanol–water partition coefficient (Wildman–Crippen LogP) is 8.63. The van der Waals surface area contributed by atoms with Crippen molar-refractivity contribution in [1.82, 2.24) is 0 Å². The minimum Gasteiger partial charge on any atom is -0.633 e. The van der Waals surface area contributed by atoms with E-state index in [-0.39, 0.29) is 4.65 Å². The lowest BCUT2D eigenvalue weighted by molar-refractivity contribution is -0.840. The third-order valence-corrected chi connectivity index (χ3v) is 5.01. The second kappa shape index (κ2) is 23.0. The van der Waals surface area contributed by atoms with E-state index in [0.717, 1.165) is 13.0 Å². The topological polar surface area (TPSA) is 23.1 Å². The molecule has 0 amide bonds. The summed E-state index contributed by atoms with van der Waals surface area (Å²) >= 11 is 0. The molecule has 0 aromatic heterocycles. The maximum atomic E-state index is 11.3. The molecule has 0 aliphatic carbocycles. The summed E-state index contributed by atoms with van der Waals surface area (Å²) in [7, 11) is 3.46. The van der Waals surface area contributed by atoms with E-state index in [1.54, 1.807) is 14.1 Å². The van der Waals surface area contributed by atoms with Crippen LogP contribution in [-0.2, 0) is 0 Å². The minimum atomic E-state index is -0.128. The molecule has 2 heteroatoms. The van der Waals surface area contributed by atoms with Crippen molar-refractivity contribution < 1.29 is 4.65 Å². The first-order chi connectivity index (χ1) is 12.5. The van der Waals surface area contributed by atoms with Gasteiger partial charge in [-0.2, -0.15) is 0 Å². The minimum absolute atomic E-state index is 0.128. The van der Waals surface area contributed by atoms with Crippen LogP contribution < -0.4 is 0 Å². The monoisotopic (exact) mass is 371 g/mol. The largest absolute Gasteiger partial charge is 0.633 e.